The van der Waals surface area contributed by atoms with Gasteiger partial charge in [0, 0.05) is 6.42 Å². The van der Waals surface area contributed by atoms with Gasteiger partial charge in [0.1, 0.15) is 11.5 Å². The van der Waals surface area contributed by atoms with Crippen LogP contribution in [0.2, 0.25) is 0 Å². The maximum Gasteiger partial charge on any atom is 0.303 e. The number of aryl methyl sites for hydroxylation is 1. The van der Waals surface area contributed by atoms with Crippen molar-refractivity contribution in [2.45, 2.75) is 31.6 Å². The van der Waals surface area contributed by atoms with Gasteiger partial charge in [0.25, 0.3) is 0 Å². The van der Waals surface area contributed by atoms with E-state index in [1.165, 1.54) is 11.1 Å². The molecule has 4 heteroatoms. The summed E-state index contributed by atoms with van der Waals surface area (Å²) in [7, 11) is 0. The first-order valence-corrected chi connectivity index (χ1v) is 10.4. The fraction of sp³-hybridized carbons (Fsp3) is 0.269. The fourth-order valence-corrected chi connectivity index (χ4v) is 4.03. The van der Waals surface area contributed by atoms with Crippen LogP contribution in [0.3, 0.4) is 0 Å². The SMILES string of the molecule is O=C(O)C[C@@H]1CCc2cc(OCCCOc3cccc(-c4ccccc4)c3)ccc21. The minimum atomic E-state index is -0.734. The second-order valence-electron chi connectivity index (χ2n) is 7.64. The van der Waals surface area contributed by atoms with Crippen LogP contribution in [0.4, 0.5) is 0 Å². The highest BCUT2D eigenvalue weighted by Crippen LogP contribution is 2.37. The van der Waals surface area contributed by atoms with Gasteiger partial charge < -0.3 is 14.6 Å². The van der Waals surface area contributed by atoms with Crippen LogP contribution in [-0.2, 0) is 11.2 Å². The van der Waals surface area contributed by atoms with E-state index in [4.69, 9.17) is 14.6 Å². The number of rotatable bonds is 9. The van der Waals surface area contributed by atoms with E-state index >= 15 is 0 Å². The molecule has 3 aromatic rings. The summed E-state index contributed by atoms with van der Waals surface area (Å²) in [6.45, 7) is 1.17. The van der Waals surface area contributed by atoms with Crippen molar-refractivity contribution in [1.29, 1.82) is 0 Å². The van der Waals surface area contributed by atoms with Crippen LogP contribution in [-0.4, -0.2) is 24.3 Å². The topological polar surface area (TPSA) is 55.8 Å². The quantitative estimate of drug-likeness (QED) is 0.466. The van der Waals surface area contributed by atoms with Crippen LogP contribution in [0.5, 0.6) is 11.5 Å². The Morgan fingerprint density at radius 3 is 2.37 bits per heavy atom. The third-order valence-corrected chi connectivity index (χ3v) is 5.50. The molecule has 30 heavy (non-hydrogen) atoms. The highest BCUT2D eigenvalue weighted by molar-refractivity contribution is 5.68. The normalized spacial score (nSPS) is 14.9. The Morgan fingerprint density at radius 1 is 0.867 bits per heavy atom. The van der Waals surface area contributed by atoms with E-state index in [0.717, 1.165) is 41.9 Å². The maximum absolute atomic E-state index is 11.0. The highest BCUT2D eigenvalue weighted by Gasteiger charge is 2.24. The number of ether oxygens (including phenoxy) is 2. The molecule has 0 heterocycles. The van der Waals surface area contributed by atoms with Gasteiger partial charge in [0.15, 0.2) is 0 Å². The molecule has 1 N–H and O–H groups in total. The molecule has 0 saturated heterocycles. The van der Waals surface area contributed by atoms with E-state index in [1.54, 1.807) is 0 Å². The minimum Gasteiger partial charge on any atom is -0.493 e. The third-order valence-electron chi connectivity index (χ3n) is 5.50. The summed E-state index contributed by atoms with van der Waals surface area (Å²) in [5.74, 6) is 1.10. The second-order valence-corrected chi connectivity index (χ2v) is 7.64. The van der Waals surface area contributed by atoms with Crippen molar-refractivity contribution >= 4 is 5.97 Å². The van der Waals surface area contributed by atoms with Crippen LogP contribution in [0, 0.1) is 0 Å². The molecule has 0 saturated carbocycles. The van der Waals surface area contributed by atoms with E-state index in [-0.39, 0.29) is 12.3 Å². The number of carbonyl (C=O) groups is 1. The molecule has 1 atom stereocenters. The predicted octanol–water partition coefficient (Wildman–Crippen LogP) is 5.71. The lowest BCUT2D eigenvalue weighted by Gasteiger charge is -2.11. The molecule has 4 rings (SSSR count). The molecule has 0 bridgehead atoms. The van der Waals surface area contributed by atoms with Crippen molar-refractivity contribution in [3.8, 4) is 22.6 Å². The van der Waals surface area contributed by atoms with Gasteiger partial charge in [-0.3, -0.25) is 4.79 Å². The first-order valence-electron chi connectivity index (χ1n) is 10.4. The molecule has 1 aliphatic carbocycles. The second kappa shape index (κ2) is 9.49. The van der Waals surface area contributed by atoms with Crippen molar-refractivity contribution in [1.82, 2.24) is 0 Å². The highest BCUT2D eigenvalue weighted by atomic mass is 16.5. The van der Waals surface area contributed by atoms with E-state index in [0.29, 0.717) is 13.2 Å². The lowest BCUT2D eigenvalue weighted by atomic mass is 9.98. The van der Waals surface area contributed by atoms with Crippen LogP contribution in [0.15, 0.2) is 72.8 Å². The zero-order valence-corrected chi connectivity index (χ0v) is 16.9. The number of fused-ring (bicyclic) bond motifs is 1. The Bertz CT molecular complexity index is 997. The molecule has 0 unspecified atom stereocenters. The van der Waals surface area contributed by atoms with E-state index in [9.17, 15) is 4.79 Å². The molecule has 0 radical (unpaired) electrons. The van der Waals surface area contributed by atoms with E-state index in [2.05, 4.69) is 30.3 Å². The largest absolute Gasteiger partial charge is 0.493 e. The molecule has 0 spiro atoms. The van der Waals surface area contributed by atoms with Crippen molar-refractivity contribution in [2.75, 3.05) is 13.2 Å². The van der Waals surface area contributed by atoms with Crippen LogP contribution >= 0.6 is 0 Å². The first kappa shape index (κ1) is 20.0. The zero-order chi connectivity index (χ0) is 20.8. The average molecular weight is 402 g/mol. The van der Waals surface area contributed by atoms with Gasteiger partial charge in [0.05, 0.1) is 19.6 Å². The number of aliphatic carboxylic acids is 1. The molecule has 0 amide bonds. The lowest BCUT2D eigenvalue weighted by Crippen LogP contribution is -2.05. The summed E-state index contributed by atoms with van der Waals surface area (Å²) in [6, 6.07) is 24.4. The van der Waals surface area contributed by atoms with Gasteiger partial charge in [-0.1, -0.05) is 48.5 Å². The number of hydrogen-bond acceptors (Lipinski definition) is 3. The molecule has 0 aromatic heterocycles. The maximum atomic E-state index is 11.0. The van der Waals surface area contributed by atoms with Crippen LogP contribution in [0.1, 0.15) is 36.3 Å². The Balaban J connectivity index is 1.24. The third kappa shape index (κ3) is 5.01. The molecule has 4 nitrogen and oxygen atoms in total. The average Bonchev–Trinajstić information content (AvgIpc) is 3.16. The summed E-state index contributed by atoms with van der Waals surface area (Å²) in [5, 5.41) is 9.04. The monoisotopic (exact) mass is 402 g/mol. The van der Waals surface area contributed by atoms with Gasteiger partial charge >= 0.3 is 5.97 Å². The molecule has 3 aromatic carbocycles. The van der Waals surface area contributed by atoms with Gasteiger partial charge in [-0.25, -0.2) is 0 Å². The minimum absolute atomic E-state index is 0.131. The Kier molecular flexibility index (Phi) is 6.33. The fourth-order valence-electron chi connectivity index (χ4n) is 4.03. The van der Waals surface area contributed by atoms with Crippen molar-refractivity contribution in [2.24, 2.45) is 0 Å². The van der Waals surface area contributed by atoms with Crippen molar-refractivity contribution < 1.29 is 19.4 Å². The molecular formula is C26H26O4. The molecule has 1 aliphatic rings. The zero-order valence-electron chi connectivity index (χ0n) is 16.9. The smallest absolute Gasteiger partial charge is 0.303 e. The summed E-state index contributed by atoms with van der Waals surface area (Å²) in [6.07, 6.45) is 2.82. The standard InChI is InChI=1S/C26H26O4/c27-26(28)18-22-11-10-21-17-24(12-13-25(21)22)30-15-5-14-29-23-9-4-8-20(16-23)19-6-2-1-3-7-19/h1-4,6-9,12-13,16-17,22H,5,10-11,14-15,18H2,(H,27,28)/t22-/m0/s1. The van der Waals surface area contributed by atoms with Gasteiger partial charge in [-0.15, -0.1) is 0 Å². The van der Waals surface area contributed by atoms with Crippen LogP contribution < -0.4 is 9.47 Å². The molecule has 154 valence electrons. The molecule has 0 aliphatic heterocycles. The predicted molar refractivity (Wildman–Crippen MR) is 117 cm³/mol. The van der Waals surface area contributed by atoms with Gasteiger partial charge in [-0.2, -0.15) is 0 Å². The number of benzene rings is 3. The van der Waals surface area contributed by atoms with Crippen molar-refractivity contribution in [3.63, 3.8) is 0 Å². The Labute approximate surface area is 177 Å². The Hall–Kier alpha value is -3.27. The van der Waals surface area contributed by atoms with E-state index in [1.807, 2.05) is 42.5 Å². The first-order chi connectivity index (χ1) is 14.7. The Morgan fingerprint density at radius 2 is 1.60 bits per heavy atom. The summed E-state index contributed by atoms with van der Waals surface area (Å²) < 4.78 is 11.8. The summed E-state index contributed by atoms with van der Waals surface area (Å²) in [5.41, 5.74) is 4.69. The number of carboxylic acid groups (broad SMARTS) is 1. The van der Waals surface area contributed by atoms with Gasteiger partial charge in [-0.05, 0) is 65.3 Å². The number of carboxylic acids is 1. The van der Waals surface area contributed by atoms with Gasteiger partial charge in [0.2, 0.25) is 0 Å². The van der Waals surface area contributed by atoms with Crippen LogP contribution in [0.25, 0.3) is 11.1 Å². The molecular weight excluding hydrogens is 376 g/mol. The lowest BCUT2D eigenvalue weighted by molar-refractivity contribution is -0.137. The summed E-state index contributed by atoms with van der Waals surface area (Å²) >= 11 is 0. The van der Waals surface area contributed by atoms with Crippen molar-refractivity contribution in [3.05, 3.63) is 83.9 Å². The van der Waals surface area contributed by atoms with E-state index < -0.39 is 5.97 Å². The number of hydrogen-bond donors (Lipinski definition) is 1. The molecule has 0 fully saturated rings. The summed E-state index contributed by atoms with van der Waals surface area (Å²) in [4.78, 5) is 11.0.